The van der Waals surface area contributed by atoms with E-state index in [0.29, 0.717) is 0 Å². The molecule has 1 atom stereocenters. The number of carbonyl (C=O) groups excluding carboxylic acids is 1. The van der Waals surface area contributed by atoms with E-state index >= 15 is 0 Å². The number of nitrogens with zero attached hydrogens (tertiary/aromatic N) is 1. The number of β-lactam (4-membered cyclic amide) rings is 1. The van der Waals surface area contributed by atoms with Crippen molar-refractivity contribution in [3.05, 3.63) is 30.3 Å². The average molecular weight is 235 g/mol. The molecule has 1 fully saturated rings. The second-order valence-corrected chi connectivity index (χ2v) is 6.32. The van der Waals surface area contributed by atoms with Gasteiger partial charge >= 0.3 is 0 Å². The van der Waals surface area contributed by atoms with Gasteiger partial charge in [-0.05, 0) is 32.9 Å². The van der Waals surface area contributed by atoms with Gasteiger partial charge in [-0.1, -0.05) is 18.2 Å². The first-order valence-electron chi connectivity index (χ1n) is 5.51. The van der Waals surface area contributed by atoms with Crippen molar-refractivity contribution in [3.8, 4) is 0 Å². The molecule has 1 aliphatic rings. The molecule has 1 heterocycles. The number of hydrogen-bond acceptors (Lipinski definition) is 2. The fourth-order valence-electron chi connectivity index (χ4n) is 1.75. The average Bonchev–Trinajstić information content (AvgIpc) is 2.23. The molecule has 0 aliphatic carbocycles. The lowest BCUT2D eigenvalue weighted by Gasteiger charge is -2.46. The largest absolute Gasteiger partial charge is 0.335 e. The van der Waals surface area contributed by atoms with Gasteiger partial charge in [0, 0.05) is 17.0 Å². The number of rotatable bonds is 2. The van der Waals surface area contributed by atoms with Gasteiger partial charge in [-0.3, -0.25) is 4.79 Å². The highest BCUT2D eigenvalue weighted by atomic mass is 32.2. The zero-order valence-electron chi connectivity index (χ0n) is 9.93. The lowest BCUT2D eigenvalue weighted by atomic mass is 10.00. The summed E-state index contributed by atoms with van der Waals surface area (Å²) in [5, 5.41) is 0.113. The Kier molecular flexibility index (Phi) is 2.98. The van der Waals surface area contributed by atoms with Crippen molar-refractivity contribution in [1.82, 2.24) is 4.90 Å². The molecule has 0 bridgehead atoms. The molecule has 1 unspecified atom stereocenters. The first-order chi connectivity index (χ1) is 7.48. The van der Waals surface area contributed by atoms with Crippen molar-refractivity contribution in [2.45, 2.75) is 36.5 Å². The Morgan fingerprint density at radius 2 is 1.88 bits per heavy atom. The predicted molar refractivity (Wildman–Crippen MR) is 67.6 cm³/mol. The van der Waals surface area contributed by atoms with Crippen LogP contribution in [0, 0.1) is 0 Å². The van der Waals surface area contributed by atoms with Crippen molar-refractivity contribution >= 4 is 17.7 Å². The molecule has 0 N–H and O–H groups in total. The van der Waals surface area contributed by atoms with Crippen LogP contribution in [0.3, 0.4) is 0 Å². The van der Waals surface area contributed by atoms with Crippen molar-refractivity contribution in [1.29, 1.82) is 0 Å². The molecule has 1 aromatic rings. The fraction of sp³-hybridized carbons (Fsp3) is 0.462. The third-order valence-electron chi connectivity index (χ3n) is 2.72. The number of amides is 1. The van der Waals surface area contributed by atoms with Crippen molar-refractivity contribution in [2.24, 2.45) is 0 Å². The second-order valence-electron chi connectivity index (χ2n) is 5.04. The van der Waals surface area contributed by atoms with Gasteiger partial charge in [-0.15, -0.1) is 11.8 Å². The normalized spacial score (nSPS) is 20.8. The first-order valence-corrected chi connectivity index (χ1v) is 6.39. The minimum absolute atomic E-state index is 0.0369. The van der Waals surface area contributed by atoms with Crippen LogP contribution in [-0.2, 0) is 4.79 Å². The number of hydrogen-bond donors (Lipinski definition) is 0. The van der Waals surface area contributed by atoms with Gasteiger partial charge in [-0.25, -0.2) is 0 Å². The summed E-state index contributed by atoms with van der Waals surface area (Å²) in [6, 6.07) is 10.1. The van der Waals surface area contributed by atoms with Crippen LogP contribution < -0.4 is 0 Å². The van der Waals surface area contributed by atoms with E-state index in [4.69, 9.17) is 0 Å². The first kappa shape index (κ1) is 11.5. The maximum absolute atomic E-state index is 11.9. The minimum Gasteiger partial charge on any atom is -0.335 e. The summed E-state index contributed by atoms with van der Waals surface area (Å²) in [6.07, 6.45) is 0. The van der Waals surface area contributed by atoms with Crippen LogP contribution in [0.5, 0.6) is 0 Å². The molecule has 1 aliphatic heterocycles. The van der Waals surface area contributed by atoms with E-state index in [1.54, 1.807) is 11.8 Å². The summed E-state index contributed by atoms with van der Waals surface area (Å²) in [5.74, 6) is 0.265. The number of benzene rings is 1. The Labute approximate surface area is 101 Å². The monoisotopic (exact) mass is 235 g/mol. The molecule has 3 heteroatoms. The second kappa shape index (κ2) is 4.13. The van der Waals surface area contributed by atoms with E-state index in [1.807, 2.05) is 23.1 Å². The van der Waals surface area contributed by atoms with Gasteiger partial charge in [0.25, 0.3) is 0 Å². The Morgan fingerprint density at radius 1 is 1.25 bits per heavy atom. The molecule has 16 heavy (non-hydrogen) atoms. The van der Waals surface area contributed by atoms with E-state index in [2.05, 4.69) is 32.9 Å². The van der Waals surface area contributed by atoms with Gasteiger partial charge in [0.15, 0.2) is 0 Å². The molecule has 1 amide bonds. The maximum atomic E-state index is 11.9. The van der Waals surface area contributed by atoms with Crippen LogP contribution >= 0.6 is 11.8 Å². The molecule has 0 saturated carbocycles. The lowest BCUT2D eigenvalue weighted by molar-refractivity contribution is -0.145. The van der Waals surface area contributed by atoms with E-state index in [1.165, 1.54) is 4.90 Å². The quantitative estimate of drug-likeness (QED) is 0.735. The highest BCUT2D eigenvalue weighted by molar-refractivity contribution is 8.00. The summed E-state index contributed by atoms with van der Waals surface area (Å²) < 4.78 is 0. The topological polar surface area (TPSA) is 20.3 Å². The van der Waals surface area contributed by atoms with E-state index in [-0.39, 0.29) is 16.7 Å². The predicted octanol–water partition coefficient (Wildman–Crippen LogP) is 2.79. The van der Waals surface area contributed by atoms with Crippen LogP contribution in [0.1, 0.15) is 20.8 Å². The maximum Gasteiger partial charge on any atom is 0.238 e. The zero-order valence-corrected chi connectivity index (χ0v) is 10.8. The van der Waals surface area contributed by atoms with Crippen LogP contribution in [0.4, 0.5) is 0 Å². The SMILES string of the molecule is CC(C)(C)N1CC(Sc2ccccc2)C1=O. The summed E-state index contributed by atoms with van der Waals surface area (Å²) >= 11 is 1.67. The molecule has 0 radical (unpaired) electrons. The zero-order chi connectivity index (χ0) is 11.8. The minimum atomic E-state index is -0.0369. The van der Waals surface area contributed by atoms with Gasteiger partial charge in [0.1, 0.15) is 5.25 Å². The molecule has 2 rings (SSSR count). The Hall–Kier alpha value is -0.960. The molecule has 1 saturated heterocycles. The van der Waals surface area contributed by atoms with Gasteiger partial charge in [0.2, 0.25) is 5.91 Å². The summed E-state index contributed by atoms with van der Waals surface area (Å²) in [7, 11) is 0. The fourth-order valence-corrected chi connectivity index (χ4v) is 2.85. The highest BCUT2D eigenvalue weighted by Crippen LogP contribution is 2.34. The molecular formula is C13H17NOS. The standard InChI is InChI=1S/C13H17NOS/c1-13(2,3)14-9-11(12(14)15)16-10-7-5-4-6-8-10/h4-8,11H,9H2,1-3H3. The molecule has 2 nitrogen and oxygen atoms in total. The van der Waals surface area contributed by atoms with Crippen LogP contribution in [0.2, 0.25) is 0 Å². The van der Waals surface area contributed by atoms with Crippen LogP contribution in [-0.4, -0.2) is 28.1 Å². The van der Waals surface area contributed by atoms with Gasteiger partial charge in [-0.2, -0.15) is 0 Å². The third-order valence-corrected chi connectivity index (χ3v) is 3.90. The van der Waals surface area contributed by atoms with Gasteiger partial charge in [0.05, 0.1) is 0 Å². The van der Waals surface area contributed by atoms with Crippen LogP contribution in [0.25, 0.3) is 0 Å². The summed E-state index contributed by atoms with van der Waals surface area (Å²) in [5.41, 5.74) is -0.0369. The van der Waals surface area contributed by atoms with E-state index in [0.717, 1.165) is 6.54 Å². The van der Waals surface area contributed by atoms with E-state index in [9.17, 15) is 4.79 Å². The highest BCUT2D eigenvalue weighted by Gasteiger charge is 2.42. The van der Waals surface area contributed by atoms with Crippen molar-refractivity contribution < 1.29 is 4.79 Å². The molecular weight excluding hydrogens is 218 g/mol. The summed E-state index contributed by atoms with van der Waals surface area (Å²) in [4.78, 5) is 15.0. The Balaban J connectivity index is 1.95. The van der Waals surface area contributed by atoms with Gasteiger partial charge < -0.3 is 4.90 Å². The van der Waals surface area contributed by atoms with E-state index < -0.39 is 0 Å². The van der Waals surface area contributed by atoms with Crippen molar-refractivity contribution in [3.63, 3.8) is 0 Å². The third kappa shape index (κ3) is 2.24. The molecule has 0 spiro atoms. The Bertz CT molecular complexity index is 383. The lowest BCUT2D eigenvalue weighted by Crippen LogP contribution is -2.62. The smallest absolute Gasteiger partial charge is 0.238 e. The molecule has 1 aromatic carbocycles. The number of likely N-dealkylation sites (tertiary alicyclic amines) is 1. The Morgan fingerprint density at radius 3 is 2.38 bits per heavy atom. The molecule has 0 aromatic heterocycles. The molecule has 86 valence electrons. The summed E-state index contributed by atoms with van der Waals surface area (Å²) in [6.45, 7) is 7.10. The van der Waals surface area contributed by atoms with Crippen LogP contribution in [0.15, 0.2) is 35.2 Å². The van der Waals surface area contributed by atoms with Crippen molar-refractivity contribution in [2.75, 3.05) is 6.54 Å². The number of carbonyl (C=O) groups is 1. The number of thioether (sulfide) groups is 1.